The summed E-state index contributed by atoms with van der Waals surface area (Å²) in [5, 5.41) is 32.7. The van der Waals surface area contributed by atoms with Crippen LogP contribution in [0.3, 0.4) is 0 Å². The molecule has 16 nitrogen and oxygen atoms in total. The number of primary sulfonamides is 1. The van der Waals surface area contributed by atoms with Crippen LogP contribution in [0.15, 0.2) is 102 Å². The summed E-state index contributed by atoms with van der Waals surface area (Å²) in [6.45, 7) is 3.38. The number of nitrogens with two attached hydrogens (primary N) is 2. The number of nitro groups is 2. The summed E-state index contributed by atoms with van der Waals surface area (Å²) in [6, 6.07) is 22.5. The Balaban J connectivity index is 0.000000190. The predicted molar refractivity (Wildman–Crippen MR) is 196 cm³/mol. The molecule has 0 aliphatic heterocycles. The molecule has 6 rings (SSSR count). The highest BCUT2D eigenvalue weighted by atomic mass is 35.5. The molecule has 0 amide bonds. The number of aryl methyl sites for hydroxylation is 2. The van der Waals surface area contributed by atoms with Gasteiger partial charge in [0.1, 0.15) is 11.0 Å². The maximum atomic E-state index is 11.4. The van der Waals surface area contributed by atoms with Gasteiger partial charge in [-0.05, 0) is 68.4 Å². The number of sulfonamides is 1. The molecule has 0 aliphatic carbocycles. The number of nitrogens with one attached hydrogen (secondary N) is 2. The van der Waals surface area contributed by atoms with E-state index in [2.05, 4.69) is 20.0 Å². The average molecular weight is 752 g/mol. The number of nitro benzene ring substituents is 2. The third kappa shape index (κ3) is 9.68. The molecule has 4 aromatic carbocycles. The van der Waals surface area contributed by atoms with Gasteiger partial charge in [0, 0.05) is 62.6 Å². The highest BCUT2D eigenvalue weighted by Gasteiger charge is 2.18. The number of fused-ring (bicyclic) bond motifs is 2. The van der Waals surface area contributed by atoms with E-state index in [1.54, 1.807) is 80.6 Å². The molecule has 6 aromatic rings. The Morgan fingerprint density at radius 3 is 1.86 bits per heavy atom. The van der Waals surface area contributed by atoms with Gasteiger partial charge in [0.05, 0.1) is 25.5 Å². The molecule has 0 radical (unpaired) electrons. The summed E-state index contributed by atoms with van der Waals surface area (Å²) in [5.74, 6) is 0.445. The minimum atomic E-state index is -3.61. The number of benzene rings is 4. The number of nitrogen functional groups attached to an aromatic ring is 1. The molecular weight excluding hydrogens is 724 g/mol. The maximum Gasteiger partial charge on any atom is 0.280 e. The highest BCUT2D eigenvalue weighted by molar-refractivity contribution is 7.89. The van der Waals surface area contributed by atoms with Gasteiger partial charge in [0.2, 0.25) is 10.0 Å². The minimum absolute atomic E-state index is 0.0394. The van der Waals surface area contributed by atoms with Crippen molar-refractivity contribution >= 4 is 88.7 Å². The Morgan fingerprint density at radius 1 is 0.765 bits per heavy atom. The lowest BCUT2D eigenvalue weighted by atomic mass is 10.1. The van der Waals surface area contributed by atoms with Gasteiger partial charge in [-0.3, -0.25) is 24.4 Å². The molecule has 1 unspecified atom stereocenters. The van der Waals surface area contributed by atoms with Gasteiger partial charge in [0.15, 0.2) is 0 Å². The second-order valence-corrected chi connectivity index (χ2v) is 13.2. The van der Waals surface area contributed by atoms with Gasteiger partial charge in [0.25, 0.3) is 11.4 Å². The maximum absolute atomic E-state index is 11.4. The molecule has 1 atom stereocenters. The Bertz CT molecular complexity index is 2420. The normalized spacial score (nSPS) is 11.4. The monoisotopic (exact) mass is 751 g/mol. The number of hydrogen-bond acceptors (Lipinski definition) is 12. The lowest BCUT2D eigenvalue weighted by Crippen LogP contribution is -2.12. The van der Waals surface area contributed by atoms with Crippen LogP contribution in [0.5, 0.6) is 0 Å². The number of anilines is 4. The van der Waals surface area contributed by atoms with Crippen molar-refractivity contribution in [3.63, 3.8) is 0 Å². The molecule has 51 heavy (non-hydrogen) atoms. The molecule has 0 aliphatic rings. The zero-order valence-electron chi connectivity index (χ0n) is 26.6. The van der Waals surface area contributed by atoms with Crippen molar-refractivity contribution in [2.24, 2.45) is 5.14 Å². The minimum Gasteiger partial charge on any atom is -0.755 e. The first-order chi connectivity index (χ1) is 24.1. The zero-order valence-corrected chi connectivity index (χ0v) is 29.0. The summed E-state index contributed by atoms with van der Waals surface area (Å²) in [6.07, 6.45) is 2.96. The molecule has 0 spiro atoms. The summed E-state index contributed by atoms with van der Waals surface area (Å²) in [5.41, 5.74) is 8.03. The summed E-state index contributed by atoms with van der Waals surface area (Å²) in [7, 11) is -3.61. The fourth-order valence-corrected chi connectivity index (χ4v) is 5.94. The Kier molecular flexibility index (Phi) is 12.1. The highest BCUT2D eigenvalue weighted by Crippen LogP contribution is 2.34. The first-order valence-electron chi connectivity index (χ1n) is 14.4. The van der Waals surface area contributed by atoms with E-state index in [0.717, 1.165) is 0 Å². The Labute approximate surface area is 298 Å². The summed E-state index contributed by atoms with van der Waals surface area (Å²) >= 11 is 3.43. The van der Waals surface area contributed by atoms with Crippen LogP contribution < -0.4 is 20.9 Å². The van der Waals surface area contributed by atoms with E-state index < -0.39 is 31.1 Å². The van der Waals surface area contributed by atoms with Crippen LogP contribution in [0.25, 0.3) is 21.5 Å². The smallest absolute Gasteiger partial charge is 0.280 e. The van der Waals surface area contributed by atoms with Crippen molar-refractivity contribution in [3.8, 4) is 0 Å². The van der Waals surface area contributed by atoms with Gasteiger partial charge < -0.3 is 20.3 Å². The first-order valence-corrected chi connectivity index (χ1v) is 17.4. The number of rotatable bonds is 7. The molecule has 0 bridgehead atoms. The van der Waals surface area contributed by atoms with E-state index in [0.29, 0.717) is 55.6 Å². The third-order valence-electron chi connectivity index (χ3n) is 7.07. The van der Waals surface area contributed by atoms with Crippen LogP contribution in [-0.4, -0.2) is 37.0 Å². The van der Waals surface area contributed by atoms with E-state index in [-0.39, 0.29) is 21.4 Å². The van der Waals surface area contributed by atoms with Crippen molar-refractivity contribution in [1.29, 1.82) is 0 Å². The van der Waals surface area contributed by atoms with Crippen LogP contribution in [0.1, 0.15) is 11.1 Å². The zero-order chi connectivity index (χ0) is 37.5. The Morgan fingerprint density at radius 2 is 1.31 bits per heavy atom. The molecule has 2 heterocycles. The van der Waals surface area contributed by atoms with E-state index in [1.807, 2.05) is 0 Å². The van der Waals surface area contributed by atoms with Crippen LogP contribution in [0, 0.1) is 34.1 Å². The number of halogens is 1. The van der Waals surface area contributed by atoms with Gasteiger partial charge >= 0.3 is 0 Å². The number of hydrogen-bond donors (Lipinski definition) is 4. The van der Waals surface area contributed by atoms with Crippen LogP contribution in [-0.2, 0) is 21.3 Å². The third-order valence-corrected chi connectivity index (χ3v) is 8.68. The lowest BCUT2D eigenvalue weighted by molar-refractivity contribution is -0.383. The standard InChI is InChI=1S/C16H14N4O4S.C10H7ClN2O2.C6H8N2O2S/c1-10-5-6-14-13(15(10)20(21)22)7-8-17-16(14)18-11-3-2-4-12(9-11)19-25(23)24;1-6-2-3-8-7(9(6)13(14)15)4-5-12-10(8)11;7-5-2-1-3-6(4-5)11(8,9)10/h2-9,19H,1H3,(H,17,18)(H,23,24);2-5H,1H3;1-4H,7H2,(H2,8,9,10)/p-1. The SMILES string of the molecule is Cc1ccc2c(Cl)nccc2c1[N+](=O)[O-].Cc1ccc2c(Nc3cccc(NS(=O)[O-])c3)nccc2c1[N+](=O)[O-].Nc1cccc(S(N)(=O)=O)c1. The molecule has 0 saturated heterocycles. The second-order valence-electron chi connectivity index (χ2n) is 10.6. The van der Waals surface area contributed by atoms with Gasteiger partial charge in [-0.1, -0.05) is 41.9 Å². The summed E-state index contributed by atoms with van der Waals surface area (Å²) in [4.78, 5) is 29.6. The van der Waals surface area contributed by atoms with Crippen molar-refractivity contribution in [1.82, 2.24) is 9.97 Å². The predicted octanol–water partition coefficient (Wildman–Crippen LogP) is 6.42. The van der Waals surface area contributed by atoms with Crippen LogP contribution in [0.2, 0.25) is 5.15 Å². The van der Waals surface area contributed by atoms with E-state index in [9.17, 15) is 37.4 Å². The summed E-state index contributed by atoms with van der Waals surface area (Å²) < 4.78 is 45.2. The molecule has 19 heteroatoms. The lowest BCUT2D eigenvalue weighted by Gasteiger charge is -2.12. The second kappa shape index (κ2) is 16.3. The molecule has 0 fully saturated rings. The van der Waals surface area contributed by atoms with Crippen molar-refractivity contribution in [3.05, 3.63) is 134 Å². The molecule has 0 saturated carbocycles. The molecule has 6 N–H and O–H groups in total. The molecule has 2 aromatic heterocycles. The van der Waals surface area contributed by atoms with E-state index in [1.165, 1.54) is 30.6 Å². The van der Waals surface area contributed by atoms with Gasteiger partial charge in [-0.2, -0.15) is 0 Å². The van der Waals surface area contributed by atoms with Crippen molar-refractivity contribution < 1.29 is 27.0 Å². The van der Waals surface area contributed by atoms with Gasteiger partial charge in [-0.15, -0.1) is 0 Å². The first kappa shape index (κ1) is 38.0. The average Bonchev–Trinajstić information content (AvgIpc) is 3.04. The Hall–Kier alpha value is -5.79. The fourth-order valence-electron chi connectivity index (χ4n) is 4.83. The van der Waals surface area contributed by atoms with Crippen LogP contribution in [0.4, 0.5) is 34.3 Å². The molecular formula is C32H28ClN8O8S2-. The largest absolute Gasteiger partial charge is 0.755 e. The number of nitrogens with zero attached hydrogens (tertiary/aromatic N) is 4. The van der Waals surface area contributed by atoms with Crippen molar-refractivity contribution in [2.75, 3.05) is 15.8 Å². The number of aromatic nitrogens is 2. The quantitative estimate of drug-likeness (QED) is 0.0452. The van der Waals surface area contributed by atoms with Crippen molar-refractivity contribution in [2.45, 2.75) is 18.7 Å². The van der Waals surface area contributed by atoms with E-state index >= 15 is 0 Å². The molecule has 264 valence electrons. The number of pyridine rings is 2. The van der Waals surface area contributed by atoms with Gasteiger partial charge in [-0.25, -0.2) is 23.5 Å². The van der Waals surface area contributed by atoms with Crippen LogP contribution >= 0.6 is 11.6 Å². The van der Waals surface area contributed by atoms with E-state index in [4.69, 9.17) is 22.5 Å². The topological polar surface area (TPSA) is 262 Å². The fraction of sp³-hybridized carbons (Fsp3) is 0.0625.